The van der Waals surface area contributed by atoms with Gasteiger partial charge in [0, 0.05) is 25.2 Å². The van der Waals surface area contributed by atoms with Gasteiger partial charge in [-0.3, -0.25) is 9.79 Å². The maximum atomic E-state index is 11.9. The lowest BCUT2D eigenvalue weighted by atomic mass is 10.2. The first-order valence-corrected chi connectivity index (χ1v) is 8.05. The van der Waals surface area contributed by atoms with Crippen LogP contribution in [0.1, 0.15) is 11.1 Å². The minimum Gasteiger partial charge on any atom is -0.352 e. The number of guanidine groups is 1. The molecule has 0 radical (unpaired) electrons. The Morgan fingerprint density at radius 2 is 1.64 bits per heavy atom. The van der Waals surface area contributed by atoms with Crippen molar-refractivity contribution in [3.63, 3.8) is 0 Å². The number of carbonyl (C=O) groups excluding carboxylic acids is 1. The van der Waals surface area contributed by atoms with Crippen molar-refractivity contribution in [2.24, 2.45) is 4.99 Å². The zero-order chi connectivity index (χ0) is 17.2. The summed E-state index contributed by atoms with van der Waals surface area (Å²) in [5, 5.41) is 9.68. The predicted molar refractivity (Wildman–Crippen MR) is 113 cm³/mol. The quantitative estimate of drug-likeness (QED) is 0.344. The lowest BCUT2D eigenvalue weighted by molar-refractivity contribution is -0.120. The number of rotatable bonds is 6. The van der Waals surface area contributed by atoms with E-state index in [0.29, 0.717) is 24.1 Å². The van der Waals surface area contributed by atoms with Gasteiger partial charge in [0.2, 0.25) is 5.91 Å². The standard InChI is InChI=1S/C18H21ClN4O.HI/c1-20-18(22-12-15-8-5-9-16(19)10-15)23-13-17(24)21-11-14-6-3-2-4-7-14;/h2-10H,11-13H2,1H3,(H,21,24)(H2,20,22,23);1H. The molecule has 25 heavy (non-hydrogen) atoms. The Kier molecular flexibility index (Phi) is 9.94. The molecular weight excluding hydrogens is 451 g/mol. The van der Waals surface area contributed by atoms with Crippen LogP contribution in [0.2, 0.25) is 5.02 Å². The molecule has 134 valence electrons. The monoisotopic (exact) mass is 472 g/mol. The third-order valence-corrected chi connectivity index (χ3v) is 3.56. The lowest BCUT2D eigenvalue weighted by Crippen LogP contribution is -2.42. The maximum absolute atomic E-state index is 11.9. The van der Waals surface area contributed by atoms with Crippen LogP contribution in [0, 0.1) is 0 Å². The van der Waals surface area contributed by atoms with Crippen LogP contribution in [0.4, 0.5) is 0 Å². The van der Waals surface area contributed by atoms with Crippen molar-refractivity contribution in [2.75, 3.05) is 13.6 Å². The number of benzene rings is 2. The van der Waals surface area contributed by atoms with Crippen molar-refractivity contribution in [2.45, 2.75) is 13.1 Å². The highest BCUT2D eigenvalue weighted by Gasteiger charge is 2.04. The van der Waals surface area contributed by atoms with Crippen LogP contribution in [0.25, 0.3) is 0 Å². The van der Waals surface area contributed by atoms with Crippen LogP contribution in [-0.2, 0) is 17.9 Å². The van der Waals surface area contributed by atoms with Crippen LogP contribution < -0.4 is 16.0 Å². The van der Waals surface area contributed by atoms with Crippen LogP contribution >= 0.6 is 35.6 Å². The highest BCUT2D eigenvalue weighted by molar-refractivity contribution is 14.0. The van der Waals surface area contributed by atoms with Gasteiger partial charge in [-0.15, -0.1) is 24.0 Å². The molecule has 2 aromatic rings. The fraction of sp³-hybridized carbons (Fsp3) is 0.222. The van der Waals surface area contributed by atoms with Crippen molar-refractivity contribution in [3.8, 4) is 0 Å². The van der Waals surface area contributed by atoms with Crippen molar-refractivity contribution >= 4 is 47.4 Å². The number of halogens is 2. The lowest BCUT2D eigenvalue weighted by Gasteiger charge is -2.12. The first kappa shape index (κ1) is 21.2. The zero-order valence-electron chi connectivity index (χ0n) is 14.0. The highest BCUT2D eigenvalue weighted by atomic mass is 127. The predicted octanol–water partition coefficient (Wildman–Crippen LogP) is 2.94. The van der Waals surface area contributed by atoms with Gasteiger partial charge in [-0.25, -0.2) is 0 Å². The Hall–Kier alpha value is -1.80. The molecule has 0 saturated heterocycles. The summed E-state index contributed by atoms with van der Waals surface area (Å²) in [5.41, 5.74) is 2.10. The number of aliphatic imine (C=N–C) groups is 1. The van der Waals surface area contributed by atoms with Gasteiger partial charge in [0.1, 0.15) is 0 Å². The Labute approximate surface area is 170 Å². The third kappa shape index (κ3) is 8.22. The van der Waals surface area contributed by atoms with Gasteiger partial charge in [-0.05, 0) is 23.3 Å². The summed E-state index contributed by atoms with van der Waals surface area (Å²) in [6.07, 6.45) is 0. The van der Waals surface area contributed by atoms with Crippen LogP contribution in [-0.4, -0.2) is 25.5 Å². The average Bonchev–Trinajstić information content (AvgIpc) is 2.61. The van der Waals surface area contributed by atoms with E-state index in [4.69, 9.17) is 11.6 Å². The maximum Gasteiger partial charge on any atom is 0.239 e. The molecule has 7 heteroatoms. The van der Waals surface area contributed by atoms with Crippen LogP contribution in [0.5, 0.6) is 0 Å². The Balaban J connectivity index is 0.00000312. The summed E-state index contributed by atoms with van der Waals surface area (Å²) in [4.78, 5) is 16.0. The number of nitrogens with one attached hydrogen (secondary N) is 3. The molecule has 0 atom stereocenters. The molecule has 0 aromatic heterocycles. The fourth-order valence-corrected chi connectivity index (χ4v) is 2.29. The van der Waals surface area contributed by atoms with Crippen LogP contribution in [0.3, 0.4) is 0 Å². The van der Waals surface area contributed by atoms with Crippen molar-refractivity contribution < 1.29 is 4.79 Å². The molecule has 0 saturated carbocycles. The fourth-order valence-electron chi connectivity index (χ4n) is 2.08. The van der Waals surface area contributed by atoms with Crippen molar-refractivity contribution in [1.82, 2.24) is 16.0 Å². The smallest absolute Gasteiger partial charge is 0.239 e. The minimum absolute atomic E-state index is 0. The van der Waals surface area contributed by atoms with Gasteiger partial charge >= 0.3 is 0 Å². The summed E-state index contributed by atoms with van der Waals surface area (Å²) in [7, 11) is 1.66. The van der Waals surface area contributed by atoms with E-state index in [1.54, 1.807) is 7.05 Å². The van der Waals surface area contributed by atoms with Gasteiger partial charge in [-0.2, -0.15) is 0 Å². The van der Waals surface area contributed by atoms with E-state index in [9.17, 15) is 4.79 Å². The van der Waals surface area contributed by atoms with Crippen LogP contribution in [0.15, 0.2) is 59.6 Å². The zero-order valence-corrected chi connectivity index (χ0v) is 17.0. The number of amides is 1. The Morgan fingerprint density at radius 1 is 0.960 bits per heavy atom. The largest absolute Gasteiger partial charge is 0.352 e. The highest BCUT2D eigenvalue weighted by Crippen LogP contribution is 2.10. The summed E-state index contributed by atoms with van der Waals surface area (Å²) in [5.74, 6) is 0.467. The number of hydrogen-bond donors (Lipinski definition) is 3. The first-order valence-electron chi connectivity index (χ1n) is 7.67. The SMILES string of the molecule is CN=C(NCC(=O)NCc1ccccc1)NCc1cccc(Cl)c1.I. The summed E-state index contributed by atoms with van der Waals surface area (Å²) >= 11 is 5.96. The van der Waals surface area contributed by atoms with E-state index in [1.165, 1.54) is 0 Å². The molecular formula is C18H22ClIN4O. The molecule has 5 nitrogen and oxygen atoms in total. The molecule has 0 unspecified atom stereocenters. The number of nitrogens with zero attached hydrogens (tertiary/aromatic N) is 1. The van der Waals surface area contributed by atoms with E-state index in [1.807, 2.05) is 54.6 Å². The molecule has 2 rings (SSSR count). The van der Waals surface area contributed by atoms with E-state index >= 15 is 0 Å². The van der Waals surface area contributed by atoms with Gasteiger partial charge in [0.25, 0.3) is 0 Å². The normalized spacial score (nSPS) is 10.6. The van der Waals surface area contributed by atoms with Crippen molar-refractivity contribution in [3.05, 3.63) is 70.7 Å². The molecule has 0 aliphatic carbocycles. The van der Waals surface area contributed by atoms with E-state index < -0.39 is 0 Å². The molecule has 0 bridgehead atoms. The second kappa shape index (κ2) is 11.7. The van der Waals surface area contributed by atoms with E-state index in [-0.39, 0.29) is 36.4 Å². The Morgan fingerprint density at radius 3 is 2.32 bits per heavy atom. The van der Waals surface area contributed by atoms with E-state index in [0.717, 1.165) is 11.1 Å². The molecule has 0 aliphatic heterocycles. The minimum atomic E-state index is -0.0930. The molecule has 3 N–H and O–H groups in total. The van der Waals surface area contributed by atoms with Gasteiger partial charge in [-0.1, -0.05) is 54.1 Å². The number of carbonyl (C=O) groups is 1. The summed E-state index contributed by atoms with van der Waals surface area (Å²) < 4.78 is 0. The molecule has 0 spiro atoms. The topological polar surface area (TPSA) is 65.5 Å². The average molecular weight is 473 g/mol. The van der Waals surface area contributed by atoms with Gasteiger partial charge < -0.3 is 16.0 Å². The molecule has 0 aliphatic rings. The third-order valence-electron chi connectivity index (χ3n) is 3.32. The molecule has 0 fully saturated rings. The first-order chi connectivity index (χ1) is 11.7. The molecule has 0 heterocycles. The van der Waals surface area contributed by atoms with Gasteiger partial charge in [0.15, 0.2) is 5.96 Å². The Bertz CT molecular complexity index is 694. The summed E-state index contributed by atoms with van der Waals surface area (Å²) in [6, 6.07) is 17.4. The van der Waals surface area contributed by atoms with Gasteiger partial charge in [0.05, 0.1) is 6.54 Å². The summed E-state index contributed by atoms with van der Waals surface area (Å²) in [6.45, 7) is 1.24. The van der Waals surface area contributed by atoms with Crippen molar-refractivity contribution in [1.29, 1.82) is 0 Å². The van der Waals surface area contributed by atoms with E-state index in [2.05, 4.69) is 20.9 Å². The molecule has 1 amide bonds. The molecule has 2 aromatic carbocycles. The second-order valence-corrected chi connectivity index (χ2v) is 5.61. The second-order valence-electron chi connectivity index (χ2n) is 5.17. The number of hydrogen-bond acceptors (Lipinski definition) is 2.